The molecule has 0 aliphatic heterocycles. The van der Waals surface area contributed by atoms with Gasteiger partial charge in [-0.05, 0) is 42.8 Å². The number of rotatable bonds is 3. The quantitative estimate of drug-likeness (QED) is 0.382. The lowest BCUT2D eigenvalue weighted by Crippen LogP contribution is -2.30. The molecule has 2 heterocycles. The predicted molar refractivity (Wildman–Crippen MR) is 118 cm³/mol. The first-order valence-corrected chi connectivity index (χ1v) is 9.81. The Kier molecular flexibility index (Phi) is 4.21. The summed E-state index contributed by atoms with van der Waals surface area (Å²) < 4.78 is 4.59. The molecule has 0 spiro atoms. The summed E-state index contributed by atoms with van der Waals surface area (Å²) >= 11 is 0. The molecule has 0 bridgehead atoms. The van der Waals surface area contributed by atoms with Gasteiger partial charge in [0.15, 0.2) is 11.0 Å². The molecule has 3 nitrogen and oxygen atoms in total. The molecule has 0 aliphatic rings. The number of hydrogen-bond acceptors (Lipinski definition) is 1. The highest BCUT2D eigenvalue weighted by molar-refractivity contribution is 5.80. The zero-order valence-electron chi connectivity index (χ0n) is 16.6. The molecular formula is C26H22N3+. The summed E-state index contributed by atoms with van der Waals surface area (Å²) in [5, 5.41) is 0. The summed E-state index contributed by atoms with van der Waals surface area (Å²) in [5.41, 5.74) is 7.96. The number of pyridine rings is 1. The van der Waals surface area contributed by atoms with Crippen LogP contribution in [0, 0.1) is 6.92 Å². The molecule has 0 amide bonds. The van der Waals surface area contributed by atoms with Crippen LogP contribution < -0.4 is 4.57 Å². The van der Waals surface area contributed by atoms with Crippen LogP contribution in [-0.4, -0.2) is 9.55 Å². The number of fused-ring (bicyclic) bond motifs is 1. The predicted octanol–water partition coefficient (Wildman–Crippen LogP) is 5.49. The van der Waals surface area contributed by atoms with Gasteiger partial charge in [-0.25, -0.2) is 4.57 Å². The molecule has 0 saturated carbocycles. The Labute approximate surface area is 170 Å². The third-order valence-electron chi connectivity index (χ3n) is 5.46. The molecule has 5 aromatic rings. The third kappa shape index (κ3) is 2.92. The van der Waals surface area contributed by atoms with Gasteiger partial charge in [0.2, 0.25) is 0 Å². The molecular weight excluding hydrogens is 354 g/mol. The van der Waals surface area contributed by atoms with E-state index in [2.05, 4.69) is 108 Å². The highest BCUT2D eigenvalue weighted by atomic mass is 15.2. The van der Waals surface area contributed by atoms with E-state index >= 15 is 0 Å². The molecule has 29 heavy (non-hydrogen) atoms. The lowest BCUT2D eigenvalue weighted by atomic mass is 10.0. The number of benzene rings is 3. The van der Waals surface area contributed by atoms with Crippen LogP contribution in [0.5, 0.6) is 0 Å². The van der Waals surface area contributed by atoms with E-state index in [0.29, 0.717) is 0 Å². The maximum atomic E-state index is 4.75. The highest BCUT2D eigenvalue weighted by Gasteiger charge is 2.27. The van der Waals surface area contributed by atoms with Gasteiger partial charge in [0.1, 0.15) is 5.69 Å². The van der Waals surface area contributed by atoms with E-state index in [4.69, 9.17) is 4.98 Å². The molecule has 140 valence electrons. The zero-order chi connectivity index (χ0) is 19.8. The van der Waals surface area contributed by atoms with E-state index < -0.39 is 0 Å². The van der Waals surface area contributed by atoms with E-state index in [0.717, 1.165) is 28.3 Å². The SMILES string of the molecule is Cc1ncc(-c2ccccc2)cc1-c1n(-c2ccccc2)c2ccccc2[n+]1C. The topological polar surface area (TPSA) is 21.7 Å². The van der Waals surface area contributed by atoms with Crippen molar-refractivity contribution in [3.63, 3.8) is 0 Å². The summed E-state index contributed by atoms with van der Waals surface area (Å²) in [5.74, 6) is 1.13. The average molecular weight is 376 g/mol. The minimum absolute atomic E-state index is 1.01. The largest absolute Gasteiger partial charge is 0.296 e. The van der Waals surface area contributed by atoms with Crippen molar-refractivity contribution in [1.82, 2.24) is 9.55 Å². The van der Waals surface area contributed by atoms with Crippen LogP contribution in [0.2, 0.25) is 0 Å². The normalized spacial score (nSPS) is 11.1. The van der Waals surface area contributed by atoms with Crippen molar-refractivity contribution in [3.05, 3.63) is 103 Å². The first kappa shape index (κ1) is 17.4. The molecule has 0 radical (unpaired) electrons. The Balaban J connectivity index is 1.84. The van der Waals surface area contributed by atoms with E-state index in [1.54, 1.807) is 0 Å². The number of hydrogen-bond donors (Lipinski definition) is 0. The molecule has 5 rings (SSSR count). The summed E-state index contributed by atoms with van der Waals surface area (Å²) in [6.45, 7) is 2.08. The minimum atomic E-state index is 1.01. The fraction of sp³-hybridized carbons (Fsp3) is 0.0769. The monoisotopic (exact) mass is 376 g/mol. The van der Waals surface area contributed by atoms with Gasteiger partial charge in [0.25, 0.3) is 5.82 Å². The number of para-hydroxylation sites is 3. The average Bonchev–Trinajstić information content (AvgIpc) is 3.08. The van der Waals surface area contributed by atoms with Crippen molar-refractivity contribution >= 4 is 11.0 Å². The van der Waals surface area contributed by atoms with E-state index in [9.17, 15) is 0 Å². The number of aromatic nitrogens is 3. The van der Waals surface area contributed by atoms with Crippen LogP contribution in [-0.2, 0) is 7.05 Å². The Morgan fingerprint density at radius 3 is 2.17 bits per heavy atom. The number of aryl methyl sites for hydroxylation is 2. The van der Waals surface area contributed by atoms with E-state index in [-0.39, 0.29) is 0 Å². The number of nitrogens with zero attached hydrogens (tertiary/aromatic N) is 3. The first-order chi connectivity index (χ1) is 14.2. The second kappa shape index (κ2) is 7.02. The third-order valence-corrected chi connectivity index (χ3v) is 5.46. The van der Waals surface area contributed by atoms with Gasteiger partial charge in [-0.1, -0.05) is 60.7 Å². The van der Waals surface area contributed by atoms with Crippen molar-refractivity contribution in [2.45, 2.75) is 6.92 Å². The van der Waals surface area contributed by atoms with Gasteiger partial charge in [0, 0.05) is 11.8 Å². The molecule has 0 atom stereocenters. The van der Waals surface area contributed by atoms with Gasteiger partial charge in [-0.3, -0.25) is 4.98 Å². The molecule has 2 aromatic heterocycles. The standard InChI is InChI=1S/C26H22N3/c1-19-23(17-21(18-27-19)20-11-5-3-6-12-20)26-28(2)24-15-9-10-16-25(24)29(26)22-13-7-4-8-14-22/h3-18H,1-2H3/q+1. The Hall–Kier alpha value is -3.72. The second-order valence-electron chi connectivity index (χ2n) is 7.27. The summed E-state index contributed by atoms with van der Waals surface area (Å²) in [4.78, 5) is 4.75. The maximum absolute atomic E-state index is 4.75. The summed E-state index contributed by atoms with van der Waals surface area (Å²) in [6.07, 6.45) is 1.96. The van der Waals surface area contributed by atoms with E-state index in [1.165, 1.54) is 16.6 Å². The van der Waals surface area contributed by atoms with Crippen LogP contribution in [0.15, 0.2) is 97.2 Å². The van der Waals surface area contributed by atoms with E-state index in [1.807, 2.05) is 12.3 Å². The Morgan fingerprint density at radius 2 is 1.41 bits per heavy atom. The fourth-order valence-electron chi connectivity index (χ4n) is 4.00. The van der Waals surface area contributed by atoms with Crippen molar-refractivity contribution in [2.75, 3.05) is 0 Å². The number of imidazole rings is 1. The van der Waals surface area contributed by atoms with Gasteiger partial charge in [0.05, 0.1) is 18.3 Å². The van der Waals surface area contributed by atoms with Gasteiger partial charge < -0.3 is 0 Å². The second-order valence-corrected chi connectivity index (χ2v) is 7.27. The van der Waals surface area contributed by atoms with Crippen LogP contribution in [0.25, 0.3) is 39.2 Å². The van der Waals surface area contributed by atoms with Crippen LogP contribution >= 0.6 is 0 Å². The molecule has 0 aliphatic carbocycles. The highest BCUT2D eigenvalue weighted by Crippen LogP contribution is 2.31. The van der Waals surface area contributed by atoms with Crippen molar-refractivity contribution in [1.29, 1.82) is 0 Å². The van der Waals surface area contributed by atoms with Crippen LogP contribution in [0.3, 0.4) is 0 Å². The van der Waals surface area contributed by atoms with Crippen molar-refractivity contribution in [2.24, 2.45) is 7.05 Å². The zero-order valence-corrected chi connectivity index (χ0v) is 16.6. The Morgan fingerprint density at radius 1 is 0.759 bits per heavy atom. The van der Waals surface area contributed by atoms with Gasteiger partial charge in [-0.15, -0.1) is 0 Å². The molecule has 0 unspecified atom stereocenters. The molecule has 0 fully saturated rings. The smallest absolute Gasteiger partial charge is 0.260 e. The Bertz CT molecular complexity index is 1300. The first-order valence-electron chi connectivity index (χ1n) is 9.81. The maximum Gasteiger partial charge on any atom is 0.296 e. The summed E-state index contributed by atoms with van der Waals surface area (Å²) in [6, 6.07) is 31.7. The summed E-state index contributed by atoms with van der Waals surface area (Å²) in [7, 11) is 2.13. The lowest BCUT2D eigenvalue weighted by Gasteiger charge is -2.08. The van der Waals surface area contributed by atoms with Crippen LogP contribution in [0.1, 0.15) is 5.69 Å². The molecule has 3 heteroatoms. The molecule has 0 saturated heterocycles. The van der Waals surface area contributed by atoms with Crippen molar-refractivity contribution in [3.8, 4) is 28.2 Å². The van der Waals surface area contributed by atoms with Gasteiger partial charge in [-0.2, -0.15) is 4.57 Å². The fourth-order valence-corrected chi connectivity index (χ4v) is 4.00. The molecule has 3 aromatic carbocycles. The minimum Gasteiger partial charge on any atom is -0.260 e. The van der Waals surface area contributed by atoms with Gasteiger partial charge >= 0.3 is 0 Å². The van der Waals surface area contributed by atoms with Crippen LogP contribution in [0.4, 0.5) is 0 Å². The molecule has 0 N–H and O–H groups in total. The lowest BCUT2D eigenvalue weighted by molar-refractivity contribution is -0.633. The van der Waals surface area contributed by atoms with Crippen molar-refractivity contribution < 1.29 is 4.57 Å².